The van der Waals surface area contributed by atoms with Crippen LogP contribution >= 0.6 is 0 Å². The highest BCUT2D eigenvalue weighted by atomic mass is 16.5. The number of rotatable bonds is 7. The Bertz CT molecular complexity index is 783. The number of carbonyl (C=O) groups is 3. The molecule has 1 N–H and O–H groups in total. The van der Waals surface area contributed by atoms with Gasteiger partial charge >= 0.3 is 11.9 Å². The average molecular weight is 355 g/mol. The van der Waals surface area contributed by atoms with Crippen molar-refractivity contribution >= 4 is 23.5 Å². The zero-order chi connectivity index (χ0) is 18.9. The summed E-state index contributed by atoms with van der Waals surface area (Å²) < 4.78 is 9.94. The molecule has 1 amide bonds. The summed E-state index contributed by atoms with van der Waals surface area (Å²) in [6, 6.07) is 14.0. The molecule has 0 radical (unpaired) electrons. The summed E-state index contributed by atoms with van der Waals surface area (Å²) in [7, 11) is 0. The van der Waals surface area contributed by atoms with Gasteiger partial charge in [0.05, 0.1) is 24.3 Å². The molecule has 0 spiro atoms. The third-order valence-electron chi connectivity index (χ3n) is 3.53. The maximum Gasteiger partial charge on any atom is 0.340 e. The topological polar surface area (TPSA) is 81.7 Å². The molecule has 0 fully saturated rings. The zero-order valence-corrected chi connectivity index (χ0v) is 14.8. The van der Waals surface area contributed by atoms with Gasteiger partial charge in [-0.05, 0) is 31.5 Å². The Kier molecular flexibility index (Phi) is 6.91. The minimum absolute atomic E-state index is 0.0903. The molecule has 0 bridgehead atoms. The quantitative estimate of drug-likeness (QED) is 0.772. The van der Waals surface area contributed by atoms with Gasteiger partial charge in [-0.3, -0.25) is 9.59 Å². The summed E-state index contributed by atoms with van der Waals surface area (Å²) in [6.07, 6.45) is 0.0903. The van der Waals surface area contributed by atoms with Gasteiger partial charge in [0.25, 0.3) is 5.91 Å². The van der Waals surface area contributed by atoms with Gasteiger partial charge in [-0.15, -0.1) is 0 Å². The Morgan fingerprint density at radius 3 is 2.35 bits per heavy atom. The second kappa shape index (κ2) is 9.36. The lowest BCUT2D eigenvalue weighted by Crippen LogP contribution is -2.23. The van der Waals surface area contributed by atoms with E-state index >= 15 is 0 Å². The lowest BCUT2D eigenvalue weighted by atomic mass is 10.1. The van der Waals surface area contributed by atoms with E-state index < -0.39 is 24.5 Å². The number of carbonyl (C=O) groups excluding carboxylic acids is 3. The Hall–Kier alpha value is -3.15. The molecule has 2 aromatic carbocycles. The molecule has 0 saturated heterocycles. The third kappa shape index (κ3) is 5.73. The van der Waals surface area contributed by atoms with E-state index in [9.17, 15) is 14.4 Å². The number of hydrogen-bond acceptors (Lipinski definition) is 5. The molecule has 0 saturated carbocycles. The highest BCUT2D eigenvalue weighted by Crippen LogP contribution is 2.16. The smallest absolute Gasteiger partial charge is 0.340 e. The maximum atomic E-state index is 12.0. The predicted molar refractivity (Wildman–Crippen MR) is 96.9 cm³/mol. The first kappa shape index (κ1) is 19.2. The summed E-state index contributed by atoms with van der Waals surface area (Å²) in [6.45, 7) is 3.47. The number of nitrogens with one attached hydrogen (secondary N) is 1. The van der Waals surface area contributed by atoms with Crippen molar-refractivity contribution in [1.29, 1.82) is 0 Å². The molecular weight excluding hydrogens is 334 g/mol. The van der Waals surface area contributed by atoms with E-state index in [1.807, 2.05) is 31.2 Å². The second-order valence-corrected chi connectivity index (χ2v) is 5.64. The summed E-state index contributed by atoms with van der Waals surface area (Å²) in [5.74, 6) is -1.55. The van der Waals surface area contributed by atoms with Crippen molar-refractivity contribution in [2.45, 2.75) is 20.3 Å². The van der Waals surface area contributed by atoms with Crippen molar-refractivity contribution < 1.29 is 23.9 Å². The fourth-order valence-electron chi connectivity index (χ4n) is 2.23. The molecule has 0 aliphatic heterocycles. The lowest BCUT2D eigenvalue weighted by molar-refractivity contribution is -0.146. The normalized spacial score (nSPS) is 10.1. The molecule has 136 valence electrons. The van der Waals surface area contributed by atoms with Crippen LogP contribution in [0.3, 0.4) is 0 Å². The van der Waals surface area contributed by atoms with Gasteiger partial charge in [0, 0.05) is 0 Å². The van der Waals surface area contributed by atoms with E-state index in [-0.39, 0.29) is 18.6 Å². The molecule has 2 aromatic rings. The van der Waals surface area contributed by atoms with E-state index in [0.717, 1.165) is 11.1 Å². The average Bonchev–Trinajstić information content (AvgIpc) is 2.62. The van der Waals surface area contributed by atoms with Gasteiger partial charge in [0.15, 0.2) is 6.61 Å². The van der Waals surface area contributed by atoms with E-state index in [1.54, 1.807) is 31.2 Å². The van der Waals surface area contributed by atoms with Crippen molar-refractivity contribution in [3.63, 3.8) is 0 Å². The van der Waals surface area contributed by atoms with Crippen LogP contribution < -0.4 is 5.32 Å². The van der Waals surface area contributed by atoms with Gasteiger partial charge in [-0.1, -0.05) is 42.0 Å². The molecule has 0 aliphatic rings. The number of anilines is 1. The van der Waals surface area contributed by atoms with Crippen LogP contribution in [-0.4, -0.2) is 31.1 Å². The minimum atomic E-state index is -0.529. The van der Waals surface area contributed by atoms with Crippen molar-refractivity contribution in [3.05, 3.63) is 65.2 Å². The van der Waals surface area contributed by atoms with Gasteiger partial charge in [-0.25, -0.2) is 4.79 Å². The molecular formula is C20H21NO5. The summed E-state index contributed by atoms with van der Waals surface area (Å²) >= 11 is 0. The Labute approximate surface area is 152 Å². The number of benzene rings is 2. The Morgan fingerprint density at radius 2 is 1.65 bits per heavy atom. The first-order valence-corrected chi connectivity index (χ1v) is 8.26. The number of esters is 2. The SMILES string of the molecule is CCOC(=O)c1ccccc1NC(=O)COC(=O)Cc1ccc(C)cc1. The fourth-order valence-corrected chi connectivity index (χ4v) is 2.23. The van der Waals surface area contributed by atoms with E-state index in [1.165, 1.54) is 0 Å². The van der Waals surface area contributed by atoms with Gasteiger partial charge in [0.1, 0.15) is 0 Å². The van der Waals surface area contributed by atoms with Gasteiger partial charge in [-0.2, -0.15) is 0 Å². The molecule has 0 heterocycles. The summed E-state index contributed by atoms with van der Waals surface area (Å²) in [5.41, 5.74) is 2.47. The molecule has 0 aromatic heterocycles. The number of ether oxygens (including phenoxy) is 2. The van der Waals surface area contributed by atoms with Crippen molar-refractivity contribution in [3.8, 4) is 0 Å². The van der Waals surface area contributed by atoms with Crippen LogP contribution in [0.15, 0.2) is 48.5 Å². The highest BCUT2D eigenvalue weighted by Gasteiger charge is 2.15. The second-order valence-electron chi connectivity index (χ2n) is 5.64. The molecule has 6 heteroatoms. The minimum Gasteiger partial charge on any atom is -0.462 e. The van der Waals surface area contributed by atoms with Crippen molar-refractivity contribution in [2.24, 2.45) is 0 Å². The Morgan fingerprint density at radius 1 is 0.962 bits per heavy atom. The molecule has 0 aliphatic carbocycles. The third-order valence-corrected chi connectivity index (χ3v) is 3.53. The van der Waals surface area contributed by atoms with Crippen LogP contribution in [0.1, 0.15) is 28.4 Å². The lowest BCUT2D eigenvalue weighted by Gasteiger charge is -2.10. The standard InChI is InChI=1S/C20H21NO5/c1-3-25-20(24)16-6-4-5-7-17(16)21-18(22)13-26-19(23)12-15-10-8-14(2)9-11-15/h4-11H,3,12-13H2,1-2H3,(H,21,22). The largest absolute Gasteiger partial charge is 0.462 e. The van der Waals surface area contributed by atoms with E-state index in [0.29, 0.717) is 5.69 Å². The van der Waals surface area contributed by atoms with Crippen LogP contribution in [0.5, 0.6) is 0 Å². The first-order valence-electron chi connectivity index (χ1n) is 8.26. The highest BCUT2D eigenvalue weighted by molar-refractivity contribution is 6.01. The molecule has 6 nitrogen and oxygen atoms in total. The molecule has 26 heavy (non-hydrogen) atoms. The molecule has 0 unspecified atom stereocenters. The van der Waals surface area contributed by atoms with Crippen molar-refractivity contribution in [1.82, 2.24) is 0 Å². The summed E-state index contributed by atoms with van der Waals surface area (Å²) in [4.78, 5) is 35.7. The molecule has 2 rings (SSSR count). The van der Waals surface area contributed by atoms with Crippen LogP contribution in [0.25, 0.3) is 0 Å². The van der Waals surface area contributed by atoms with Gasteiger partial charge in [0.2, 0.25) is 0 Å². The fraction of sp³-hybridized carbons (Fsp3) is 0.250. The number of amides is 1. The Balaban J connectivity index is 1.88. The molecule has 0 atom stereocenters. The monoisotopic (exact) mass is 355 g/mol. The van der Waals surface area contributed by atoms with Crippen LogP contribution in [0, 0.1) is 6.92 Å². The first-order chi connectivity index (χ1) is 12.5. The number of aryl methyl sites for hydroxylation is 1. The summed E-state index contributed by atoms with van der Waals surface area (Å²) in [5, 5.41) is 2.56. The van der Waals surface area contributed by atoms with Crippen LogP contribution in [0.4, 0.5) is 5.69 Å². The number of para-hydroxylation sites is 1. The van der Waals surface area contributed by atoms with Crippen LogP contribution in [0.2, 0.25) is 0 Å². The van der Waals surface area contributed by atoms with E-state index in [2.05, 4.69) is 5.32 Å². The number of hydrogen-bond donors (Lipinski definition) is 1. The zero-order valence-electron chi connectivity index (χ0n) is 14.8. The maximum absolute atomic E-state index is 12.0. The van der Waals surface area contributed by atoms with Gasteiger partial charge < -0.3 is 14.8 Å². The predicted octanol–water partition coefficient (Wildman–Crippen LogP) is 2.90. The van der Waals surface area contributed by atoms with E-state index in [4.69, 9.17) is 9.47 Å². The van der Waals surface area contributed by atoms with Crippen molar-refractivity contribution in [2.75, 3.05) is 18.5 Å². The van der Waals surface area contributed by atoms with Crippen LogP contribution in [-0.2, 0) is 25.5 Å².